The molecule has 0 radical (unpaired) electrons. The lowest BCUT2D eigenvalue weighted by molar-refractivity contribution is 0.0487. The molecule has 7 N–H and O–H groups in total. The Kier molecular flexibility index (Phi) is 12.7. The second-order valence-corrected chi connectivity index (χ2v) is 5.54. The maximum atomic E-state index is 9.56. The van der Waals surface area contributed by atoms with Gasteiger partial charge >= 0.3 is 0 Å². The van der Waals surface area contributed by atoms with Gasteiger partial charge in [-0.15, -0.1) is 0 Å². The molecule has 0 fully saturated rings. The monoisotopic (exact) mass is 346 g/mol. The highest BCUT2D eigenvalue weighted by atomic mass is 16.3. The summed E-state index contributed by atoms with van der Waals surface area (Å²) in [5.74, 6) is 0. The molecule has 0 aliphatic carbocycles. The quantitative estimate of drug-likeness (QED) is 0.323. The van der Waals surface area contributed by atoms with Crippen LogP contribution in [0.1, 0.15) is 49.5 Å². The minimum absolute atomic E-state index is 0.294. The number of hydrogen-bond donors (Lipinski definition) is 7. The molecule has 4 unspecified atom stereocenters. The highest BCUT2D eigenvalue weighted by Gasteiger charge is 2.09. The maximum Gasteiger partial charge on any atom is 0.102 e. The van der Waals surface area contributed by atoms with E-state index in [0.717, 1.165) is 5.56 Å². The Morgan fingerprint density at radius 2 is 1.21 bits per heavy atom. The van der Waals surface area contributed by atoms with E-state index in [9.17, 15) is 10.2 Å². The number of rotatable bonds is 9. The summed E-state index contributed by atoms with van der Waals surface area (Å²) in [5.41, 5.74) is 1.41. The number of aliphatic hydroxyl groups is 7. The fourth-order valence-corrected chi connectivity index (χ4v) is 1.88. The third-order valence-corrected chi connectivity index (χ3v) is 3.49. The van der Waals surface area contributed by atoms with Gasteiger partial charge in [0, 0.05) is 0 Å². The average Bonchev–Trinajstić information content (AvgIpc) is 2.64. The van der Waals surface area contributed by atoms with Gasteiger partial charge in [-0.05, 0) is 30.4 Å². The summed E-state index contributed by atoms with van der Waals surface area (Å²) < 4.78 is 0. The standard InChI is InChI=1S/C11H16O3.C6H14O4/c1-2-10(13)8-4-3-5-9(6-8)11(14)7-12;7-3-5(9)1-2-6(10)4-8/h3-6,10-14H,2,7H2,1H3;5-10H,1-4H2. The van der Waals surface area contributed by atoms with Crippen molar-refractivity contribution in [2.45, 2.75) is 50.6 Å². The molecular formula is C17H30O7. The van der Waals surface area contributed by atoms with Crippen LogP contribution in [0.3, 0.4) is 0 Å². The van der Waals surface area contributed by atoms with Crippen molar-refractivity contribution in [2.24, 2.45) is 0 Å². The Hall–Kier alpha value is -1.06. The van der Waals surface area contributed by atoms with E-state index in [-0.39, 0.29) is 19.8 Å². The third kappa shape index (κ3) is 9.29. The Bertz CT molecular complexity index is 392. The highest BCUT2D eigenvalue weighted by Crippen LogP contribution is 2.20. The minimum Gasteiger partial charge on any atom is -0.394 e. The summed E-state index contributed by atoms with van der Waals surface area (Å²) in [6.07, 6.45) is -1.64. The van der Waals surface area contributed by atoms with Crippen LogP contribution in [0.4, 0.5) is 0 Å². The van der Waals surface area contributed by atoms with E-state index in [0.29, 0.717) is 24.8 Å². The second kappa shape index (κ2) is 13.3. The lowest BCUT2D eigenvalue weighted by atomic mass is 10.0. The van der Waals surface area contributed by atoms with Gasteiger partial charge in [0.05, 0.1) is 38.1 Å². The van der Waals surface area contributed by atoms with Gasteiger partial charge in [-0.25, -0.2) is 0 Å². The molecular weight excluding hydrogens is 316 g/mol. The highest BCUT2D eigenvalue weighted by molar-refractivity contribution is 5.26. The Morgan fingerprint density at radius 3 is 1.58 bits per heavy atom. The van der Waals surface area contributed by atoms with E-state index < -0.39 is 24.4 Å². The zero-order valence-corrected chi connectivity index (χ0v) is 14.0. The van der Waals surface area contributed by atoms with Crippen LogP contribution < -0.4 is 0 Å². The van der Waals surface area contributed by atoms with Crippen LogP contribution in [-0.2, 0) is 0 Å². The van der Waals surface area contributed by atoms with Gasteiger partial charge in [-0.1, -0.05) is 31.2 Å². The summed E-state index contributed by atoms with van der Waals surface area (Å²) >= 11 is 0. The largest absolute Gasteiger partial charge is 0.394 e. The molecule has 4 atom stereocenters. The molecule has 0 heterocycles. The molecule has 0 aliphatic heterocycles. The number of benzene rings is 1. The van der Waals surface area contributed by atoms with Gasteiger partial charge in [-0.3, -0.25) is 0 Å². The Morgan fingerprint density at radius 1 is 0.750 bits per heavy atom. The van der Waals surface area contributed by atoms with Crippen LogP contribution >= 0.6 is 0 Å². The fraction of sp³-hybridized carbons (Fsp3) is 0.647. The first-order chi connectivity index (χ1) is 11.4. The van der Waals surface area contributed by atoms with Crippen molar-refractivity contribution in [3.05, 3.63) is 35.4 Å². The van der Waals surface area contributed by atoms with E-state index >= 15 is 0 Å². The molecule has 0 saturated heterocycles. The number of aliphatic hydroxyl groups excluding tert-OH is 7. The molecule has 0 saturated carbocycles. The van der Waals surface area contributed by atoms with Crippen molar-refractivity contribution < 1.29 is 35.7 Å². The normalized spacial score (nSPS) is 15.8. The predicted molar refractivity (Wildman–Crippen MR) is 89.2 cm³/mol. The summed E-state index contributed by atoms with van der Waals surface area (Å²) in [6, 6.07) is 7.02. The SMILES string of the molecule is CCC(O)c1cccc(C(O)CO)c1.OCC(O)CCC(O)CO. The van der Waals surface area contributed by atoms with Gasteiger partial charge in [0.25, 0.3) is 0 Å². The smallest absolute Gasteiger partial charge is 0.102 e. The van der Waals surface area contributed by atoms with Crippen LogP contribution in [0.5, 0.6) is 0 Å². The summed E-state index contributed by atoms with van der Waals surface area (Å²) in [6.45, 7) is 1.00. The van der Waals surface area contributed by atoms with Crippen molar-refractivity contribution in [1.29, 1.82) is 0 Å². The van der Waals surface area contributed by atoms with Crippen LogP contribution in [0.2, 0.25) is 0 Å². The van der Waals surface area contributed by atoms with Gasteiger partial charge in [-0.2, -0.15) is 0 Å². The molecule has 0 aromatic heterocycles. The molecule has 1 aromatic rings. The average molecular weight is 346 g/mol. The van der Waals surface area contributed by atoms with Crippen LogP contribution in [0, 0.1) is 0 Å². The summed E-state index contributed by atoms with van der Waals surface area (Å²) in [7, 11) is 0. The zero-order valence-electron chi connectivity index (χ0n) is 14.0. The van der Waals surface area contributed by atoms with Gasteiger partial charge < -0.3 is 35.7 Å². The van der Waals surface area contributed by atoms with Crippen molar-refractivity contribution >= 4 is 0 Å². The predicted octanol–water partition coefficient (Wildman–Crippen LogP) is -0.371. The topological polar surface area (TPSA) is 142 Å². The van der Waals surface area contributed by atoms with Crippen molar-refractivity contribution in [2.75, 3.05) is 19.8 Å². The van der Waals surface area contributed by atoms with Gasteiger partial charge in [0.2, 0.25) is 0 Å². The maximum absolute atomic E-state index is 9.56. The Labute approximate surface area is 142 Å². The molecule has 140 valence electrons. The van der Waals surface area contributed by atoms with Crippen LogP contribution in [0.15, 0.2) is 24.3 Å². The summed E-state index contributed by atoms with van der Waals surface area (Å²) in [4.78, 5) is 0. The molecule has 0 spiro atoms. The molecule has 24 heavy (non-hydrogen) atoms. The minimum atomic E-state index is -0.862. The lowest BCUT2D eigenvalue weighted by Crippen LogP contribution is -2.18. The van der Waals surface area contributed by atoms with Crippen molar-refractivity contribution in [1.82, 2.24) is 0 Å². The third-order valence-electron chi connectivity index (χ3n) is 3.49. The van der Waals surface area contributed by atoms with E-state index in [1.165, 1.54) is 0 Å². The zero-order chi connectivity index (χ0) is 18.5. The molecule has 7 nitrogen and oxygen atoms in total. The lowest BCUT2D eigenvalue weighted by Gasteiger charge is -2.12. The molecule has 7 heteroatoms. The molecule has 0 aliphatic rings. The van der Waals surface area contributed by atoms with Crippen LogP contribution in [0.25, 0.3) is 0 Å². The van der Waals surface area contributed by atoms with Gasteiger partial charge in [0.15, 0.2) is 0 Å². The van der Waals surface area contributed by atoms with E-state index in [1.54, 1.807) is 18.2 Å². The molecule has 1 rings (SSSR count). The fourth-order valence-electron chi connectivity index (χ4n) is 1.88. The van der Waals surface area contributed by atoms with E-state index in [1.807, 2.05) is 13.0 Å². The number of hydrogen-bond acceptors (Lipinski definition) is 7. The van der Waals surface area contributed by atoms with E-state index in [4.69, 9.17) is 25.5 Å². The Balaban J connectivity index is 0.000000470. The van der Waals surface area contributed by atoms with Crippen molar-refractivity contribution in [3.63, 3.8) is 0 Å². The van der Waals surface area contributed by atoms with Gasteiger partial charge in [0.1, 0.15) is 6.10 Å². The molecule has 0 bridgehead atoms. The van der Waals surface area contributed by atoms with E-state index in [2.05, 4.69) is 0 Å². The first-order valence-corrected chi connectivity index (χ1v) is 8.04. The van der Waals surface area contributed by atoms with Crippen molar-refractivity contribution in [3.8, 4) is 0 Å². The van der Waals surface area contributed by atoms with Crippen LogP contribution in [-0.4, -0.2) is 67.8 Å². The molecule has 0 amide bonds. The second-order valence-electron chi connectivity index (χ2n) is 5.54. The summed E-state index contributed by atoms with van der Waals surface area (Å²) in [5, 5.41) is 61.9. The molecule has 1 aromatic carbocycles. The first kappa shape index (κ1) is 22.9. The first-order valence-electron chi connectivity index (χ1n) is 8.04.